The maximum Gasteiger partial charge on any atom is 0.264 e. The topological polar surface area (TPSA) is 62.3 Å². The Labute approximate surface area is 221 Å². The van der Waals surface area contributed by atoms with Crippen LogP contribution in [-0.2, 0) is 4.79 Å². The van der Waals surface area contributed by atoms with E-state index in [-0.39, 0.29) is 11.8 Å². The first kappa shape index (κ1) is 24.8. The van der Waals surface area contributed by atoms with Gasteiger partial charge in [-0.25, -0.2) is 0 Å². The number of carbonyl (C=O) groups excluding carboxylic acids is 2. The standard InChI is InChI=1S/C29H29N3O4S/c1-30-24-18-21(28(33)32-16-14-31(15-17-32)22-9-11-23(35-2)12-10-22)8-13-26(24)37-27(29(30)34)19-20-6-4-5-7-25(20)36-3/h4-13,18-19H,14-17H2,1-3H3. The van der Waals surface area contributed by atoms with E-state index in [0.717, 1.165) is 40.7 Å². The third-order valence-corrected chi connectivity index (χ3v) is 7.81. The fourth-order valence-electron chi connectivity index (χ4n) is 4.60. The molecule has 0 saturated carbocycles. The van der Waals surface area contributed by atoms with E-state index in [2.05, 4.69) is 4.90 Å². The molecule has 190 valence electrons. The predicted molar refractivity (Wildman–Crippen MR) is 148 cm³/mol. The predicted octanol–water partition coefficient (Wildman–Crippen LogP) is 4.78. The Bertz CT molecular complexity index is 1350. The summed E-state index contributed by atoms with van der Waals surface area (Å²) in [5, 5.41) is 0. The van der Waals surface area contributed by atoms with Crippen LogP contribution in [-0.4, -0.2) is 64.2 Å². The van der Waals surface area contributed by atoms with Gasteiger partial charge in [-0.05, 0) is 54.6 Å². The van der Waals surface area contributed by atoms with E-state index in [1.807, 2.05) is 77.7 Å². The van der Waals surface area contributed by atoms with E-state index in [1.54, 1.807) is 26.2 Å². The normalized spacial score (nSPS) is 16.6. The first-order chi connectivity index (χ1) is 18.0. The minimum atomic E-state index is -0.110. The lowest BCUT2D eigenvalue weighted by Gasteiger charge is -2.36. The number of carbonyl (C=O) groups is 2. The van der Waals surface area contributed by atoms with Gasteiger partial charge in [0.25, 0.3) is 11.8 Å². The second kappa shape index (κ2) is 10.6. The van der Waals surface area contributed by atoms with Crippen molar-refractivity contribution in [3.05, 3.63) is 82.8 Å². The third kappa shape index (κ3) is 5.02. The highest BCUT2D eigenvalue weighted by Crippen LogP contribution is 2.42. The molecule has 0 aromatic heterocycles. The molecule has 1 saturated heterocycles. The molecule has 2 aliphatic heterocycles. The van der Waals surface area contributed by atoms with Crippen LogP contribution in [0.25, 0.3) is 6.08 Å². The van der Waals surface area contributed by atoms with Gasteiger partial charge in [0.15, 0.2) is 0 Å². The maximum absolute atomic E-state index is 13.3. The van der Waals surface area contributed by atoms with Crippen molar-refractivity contribution in [3.63, 3.8) is 0 Å². The van der Waals surface area contributed by atoms with Crippen molar-refractivity contribution in [2.24, 2.45) is 0 Å². The summed E-state index contributed by atoms with van der Waals surface area (Å²) in [5.41, 5.74) is 3.30. The highest BCUT2D eigenvalue weighted by Gasteiger charge is 2.29. The molecule has 5 rings (SSSR count). The van der Waals surface area contributed by atoms with Gasteiger partial charge in [-0.15, -0.1) is 0 Å². The molecule has 0 unspecified atom stereocenters. The molecule has 0 aliphatic carbocycles. The van der Waals surface area contributed by atoms with E-state index < -0.39 is 0 Å². The van der Waals surface area contributed by atoms with Crippen molar-refractivity contribution in [1.29, 1.82) is 0 Å². The summed E-state index contributed by atoms with van der Waals surface area (Å²) >= 11 is 1.41. The van der Waals surface area contributed by atoms with Gasteiger partial charge in [0.05, 0.1) is 24.8 Å². The largest absolute Gasteiger partial charge is 0.497 e. The Balaban J connectivity index is 1.30. The molecule has 2 aliphatic rings. The van der Waals surface area contributed by atoms with E-state index in [4.69, 9.17) is 9.47 Å². The molecule has 0 bridgehead atoms. The number of piperazine rings is 1. The molecule has 2 heterocycles. The molecule has 0 spiro atoms. The van der Waals surface area contributed by atoms with Crippen molar-refractivity contribution < 1.29 is 19.1 Å². The Hall–Kier alpha value is -3.91. The number of hydrogen-bond donors (Lipinski definition) is 0. The second-order valence-corrected chi connectivity index (χ2v) is 9.96. The van der Waals surface area contributed by atoms with Gasteiger partial charge in [0, 0.05) is 54.9 Å². The number of rotatable bonds is 5. The molecule has 7 nitrogen and oxygen atoms in total. The number of likely N-dealkylation sites (N-methyl/N-ethyl adjacent to an activating group) is 1. The van der Waals surface area contributed by atoms with Gasteiger partial charge in [0.1, 0.15) is 11.5 Å². The molecular formula is C29H29N3O4S. The van der Waals surface area contributed by atoms with E-state index in [9.17, 15) is 9.59 Å². The zero-order valence-corrected chi connectivity index (χ0v) is 22.0. The third-order valence-electron chi connectivity index (χ3n) is 6.73. The Morgan fingerprint density at radius 3 is 2.35 bits per heavy atom. The van der Waals surface area contributed by atoms with E-state index >= 15 is 0 Å². The van der Waals surface area contributed by atoms with Crippen LogP contribution in [0.15, 0.2) is 76.5 Å². The van der Waals surface area contributed by atoms with Crippen LogP contribution >= 0.6 is 11.8 Å². The van der Waals surface area contributed by atoms with Crippen LogP contribution in [0, 0.1) is 0 Å². The molecule has 0 atom stereocenters. The number of anilines is 2. The van der Waals surface area contributed by atoms with Gasteiger partial charge in [0.2, 0.25) is 0 Å². The molecule has 3 aromatic rings. The van der Waals surface area contributed by atoms with Crippen LogP contribution in [0.2, 0.25) is 0 Å². The Morgan fingerprint density at radius 1 is 0.919 bits per heavy atom. The summed E-state index contributed by atoms with van der Waals surface area (Å²) in [6, 6.07) is 21.2. The lowest BCUT2D eigenvalue weighted by atomic mass is 10.1. The average molecular weight is 516 g/mol. The fraction of sp³-hybridized carbons (Fsp3) is 0.241. The van der Waals surface area contributed by atoms with Crippen molar-refractivity contribution in [1.82, 2.24) is 4.90 Å². The number of nitrogens with zero attached hydrogens (tertiary/aromatic N) is 3. The monoisotopic (exact) mass is 515 g/mol. The molecule has 0 radical (unpaired) electrons. The quantitative estimate of drug-likeness (QED) is 0.456. The van der Waals surface area contributed by atoms with Crippen LogP contribution < -0.4 is 19.3 Å². The van der Waals surface area contributed by atoms with Gasteiger partial charge in [-0.1, -0.05) is 30.0 Å². The van der Waals surface area contributed by atoms with Crippen molar-refractivity contribution in [3.8, 4) is 11.5 Å². The number of para-hydroxylation sites is 1. The Kier molecular flexibility index (Phi) is 7.10. The molecule has 37 heavy (non-hydrogen) atoms. The first-order valence-electron chi connectivity index (χ1n) is 12.1. The SMILES string of the molecule is COc1ccc(N2CCN(C(=O)c3ccc4c(c3)N(C)C(=O)C(=Cc3ccccc3OC)S4)CC2)cc1. The number of fused-ring (bicyclic) bond motifs is 1. The highest BCUT2D eigenvalue weighted by molar-refractivity contribution is 8.04. The summed E-state index contributed by atoms with van der Waals surface area (Å²) in [6.45, 7) is 2.79. The van der Waals surface area contributed by atoms with E-state index in [0.29, 0.717) is 29.3 Å². The molecule has 2 amide bonds. The first-order valence-corrected chi connectivity index (χ1v) is 12.9. The number of hydrogen-bond acceptors (Lipinski definition) is 6. The zero-order chi connectivity index (χ0) is 25.9. The average Bonchev–Trinajstić information content (AvgIpc) is 2.95. The number of methoxy groups -OCH3 is 2. The fourth-order valence-corrected chi connectivity index (χ4v) is 5.68. The van der Waals surface area contributed by atoms with Gasteiger partial charge >= 0.3 is 0 Å². The number of benzene rings is 3. The molecule has 8 heteroatoms. The molecule has 0 N–H and O–H groups in total. The Morgan fingerprint density at radius 2 is 1.65 bits per heavy atom. The smallest absolute Gasteiger partial charge is 0.264 e. The summed E-state index contributed by atoms with van der Waals surface area (Å²) < 4.78 is 10.7. The maximum atomic E-state index is 13.3. The summed E-state index contributed by atoms with van der Waals surface area (Å²) in [5.74, 6) is 1.42. The van der Waals surface area contributed by atoms with E-state index in [1.165, 1.54) is 11.8 Å². The van der Waals surface area contributed by atoms with Crippen LogP contribution in [0.5, 0.6) is 11.5 Å². The summed E-state index contributed by atoms with van der Waals surface area (Å²) in [6.07, 6.45) is 1.85. The number of amides is 2. The zero-order valence-electron chi connectivity index (χ0n) is 21.1. The van der Waals surface area contributed by atoms with Crippen LogP contribution in [0.3, 0.4) is 0 Å². The lowest BCUT2D eigenvalue weighted by molar-refractivity contribution is -0.114. The van der Waals surface area contributed by atoms with Crippen molar-refractivity contribution >= 4 is 41.0 Å². The minimum Gasteiger partial charge on any atom is -0.497 e. The summed E-state index contributed by atoms with van der Waals surface area (Å²) in [7, 11) is 5.02. The van der Waals surface area contributed by atoms with Gasteiger partial charge in [-0.3, -0.25) is 9.59 Å². The molecule has 3 aromatic carbocycles. The number of ether oxygens (including phenoxy) is 2. The van der Waals surface area contributed by atoms with Gasteiger partial charge in [-0.2, -0.15) is 0 Å². The summed E-state index contributed by atoms with van der Waals surface area (Å²) in [4.78, 5) is 33.8. The highest BCUT2D eigenvalue weighted by atomic mass is 32.2. The van der Waals surface area contributed by atoms with Crippen LogP contribution in [0.4, 0.5) is 11.4 Å². The van der Waals surface area contributed by atoms with Crippen molar-refractivity contribution in [2.75, 3.05) is 57.2 Å². The second-order valence-electron chi connectivity index (χ2n) is 8.88. The minimum absolute atomic E-state index is 0.0154. The molecular weight excluding hydrogens is 486 g/mol. The van der Waals surface area contributed by atoms with Gasteiger partial charge < -0.3 is 24.2 Å². The number of thioether (sulfide) groups is 1. The van der Waals surface area contributed by atoms with Crippen molar-refractivity contribution in [2.45, 2.75) is 4.90 Å². The molecule has 1 fully saturated rings. The van der Waals surface area contributed by atoms with Crippen LogP contribution in [0.1, 0.15) is 15.9 Å². The lowest BCUT2D eigenvalue weighted by Crippen LogP contribution is -2.48.